The minimum absolute atomic E-state index is 0.409. The Morgan fingerprint density at radius 1 is 1.67 bits per heavy atom. The van der Waals surface area contributed by atoms with Crippen LogP contribution < -0.4 is 5.32 Å². The molecule has 1 aliphatic heterocycles. The van der Waals surface area contributed by atoms with Crippen LogP contribution in [0, 0.1) is 0 Å². The molecule has 2 nitrogen and oxygen atoms in total. The monoisotopic (exact) mass is 233 g/mol. The molecule has 0 amide bonds. The first-order chi connectivity index (χ1) is 5.68. The van der Waals surface area contributed by atoms with E-state index in [0.717, 1.165) is 17.6 Å². The molecule has 1 saturated heterocycles. The van der Waals surface area contributed by atoms with E-state index in [0.29, 0.717) is 12.2 Å². The first kappa shape index (κ1) is 10.2. The molecule has 0 saturated carbocycles. The second-order valence-corrected chi connectivity index (χ2v) is 4.42. The van der Waals surface area contributed by atoms with E-state index in [1.165, 1.54) is 12.8 Å². The van der Waals surface area contributed by atoms with Crippen molar-refractivity contribution in [2.24, 2.45) is 0 Å². The SMILES string of the molecule is C=C(Br)CNCC1CCC(C)O1. The molecule has 0 bridgehead atoms. The van der Waals surface area contributed by atoms with Gasteiger partial charge in [0, 0.05) is 17.6 Å². The van der Waals surface area contributed by atoms with Crippen LogP contribution in [0.5, 0.6) is 0 Å². The number of rotatable bonds is 4. The lowest BCUT2D eigenvalue weighted by atomic mass is 10.2. The van der Waals surface area contributed by atoms with Gasteiger partial charge in [0.05, 0.1) is 12.2 Å². The third-order valence-corrected chi connectivity index (χ3v) is 2.29. The molecule has 0 aromatic rings. The Kier molecular flexibility index (Phi) is 4.26. The fourth-order valence-electron chi connectivity index (χ4n) is 1.40. The minimum Gasteiger partial charge on any atom is -0.374 e. The zero-order chi connectivity index (χ0) is 8.97. The Bertz CT molecular complexity index is 161. The topological polar surface area (TPSA) is 21.3 Å². The maximum Gasteiger partial charge on any atom is 0.0704 e. The summed E-state index contributed by atoms with van der Waals surface area (Å²) in [6.07, 6.45) is 3.24. The van der Waals surface area contributed by atoms with Gasteiger partial charge in [0.25, 0.3) is 0 Å². The second-order valence-electron chi connectivity index (χ2n) is 3.29. The summed E-state index contributed by atoms with van der Waals surface area (Å²) in [7, 11) is 0. The van der Waals surface area contributed by atoms with Crippen LogP contribution in [0.2, 0.25) is 0 Å². The number of hydrogen-bond donors (Lipinski definition) is 1. The van der Waals surface area contributed by atoms with Crippen LogP contribution in [-0.4, -0.2) is 25.3 Å². The van der Waals surface area contributed by atoms with Crippen LogP contribution in [0.4, 0.5) is 0 Å². The van der Waals surface area contributed by atoms with Gasteiger partial charge < -0.3 is 10.1 Å². The fourth-order valence-corrected chi connectivity index (χ4v) is 1.60. The molecule has 3 heteroatoms. The maximum absolute atomic E-state index is 5.64. The molecule has 1 N–H and O–H groups in total. The summed E-state index contributed by atoms with van der Waals surface area (Å²) in [5.41, 5.74) is 0. The van der Waals surface area contributed by atoms with Crippen LogP contribution in [0.1, 0.15) is 19.8 Å². The Hall–Kier alpha value is 0.140. The molecule has 12 heavy (non-hydrogen) atoms. The number of ether oxygens (including phenoxy) is 1. The minimum atomic E-state index is 0.409. The molecule has 0 aromatic heterocycles. The highest BCUT2D eigenvalue weighted by Crippen LogP contribution is 2.18. The van der Waals surface area contributed by atoms with Gasteiger partial charge in [0.2, 0.25) is 0 Å². The largest absolute Gasteiger partial charge is 0.374 e. The summed E-state index contributed by atoms with van der Waals surface area (Å²) >= 11 is 3.30. The Morgan fingerprint density at radius 2 is 2.42 bits per heavy atom. The smallest absolute Gasteiger partial charge is 0.0704 e. The van der Waals surface area contributed by atoms with Gasteiger partial charge in [0.1, 0.15) is 0 Å². The van der Waals surface area contributed by atoms with E-state index in [2.05, 4.69) is 34.7 Å². The molecule has 0 radical (unpaired) electrons. The van der Waals surface area contributed by atoms with Crippen molar-refractivity contribution in [3.8, 4) is 0 Å². The molecule has 1 rings (SSSR count). The van der Waals surface area contributed by atoms with E-state index in [1.807, 2.05) is 0 Å². The van der Waals surface area contributed by atoms with E-state index >= 15 is 0 Å². The first-order valence-electron chi connectivity index (χ1n) is 4.38. The third-order valence-electron chi connectivity index (χ3n) is 2.01. The van der Waals surface area contributed by atoms with Crippen LogP contribution in [-0.2, 0) is 4.74 Å². The van der Waals surface area contributed by atoms with Crippen molar-refractivity contribution in [2.45, 2.75) is 32.0 Å². The highest BCUT2D eigenvalue weighted by atomic mass is 79.9. The number of nitrogens with one attached hydrogen (secondary N) is 1. The third kappa shape index (κ3) is 3.70. The van der Waals surface area contributed by atoms with Gasteiger partial charge in [-0.15, -0.1) is 0 Å². The molecule has 2 atom stereocenters. The summed E-state index contributed by atoms with van der Waals surface area (Å²) in [6.45, 7) is 7.64. The standard InChI is InChI=1S/C9H16BrNO/c1-7(10)5-11-6-9-4-3-8(2)12-9/h8-9,11H,1,3-6H2,2H3. The zero-order valence-corrected chi connectivity index (χ0v) is 9.06. The van der Waals surface area contributed by atoms with Crippen molar-refractivity contribution < 1.29 is 4.74 Å². The van der Waals surface area contributed by atoms with Crippen molar-refractivity contribution in [3.05, 3.63) is 11.1 Å². The molecule has 1 fully saturated rings. The van der Waals surface area contributed by atoms with E-state index in [-0.39, 0.29) is 0 Å². The van der Waals surface area contributed by atoms with E-state index in [9.17, 15) is 0 Å². The fraction of sp³-hybridized carbons (Fsp3) is 0.778. The van der Waals surface area contributed by atoms with Crippen LogP contribution >= 0.6 is 15.9 Å². The van der Waals surface area contributed by atoms with Crippen LogP contribution in [0.15, 0.2) is 11.1 Å². The molecule has 0 spiro atoms. The molecular formula is C9H16BrNO. The molecule has 0 aliphatic carbocycles. The molecule has 2 unspecified atom stereocenters. The first-order valence-corrected chi connectivity index (χ1v) is 5.17. The summed E-state index contributed by atoms with van der Waals surface area (Å²) in [6, 6.07) is 0. The van der Waals surface area contributed by atoms with Crippen molar-refractivity contribution in [3.63, 3.8) is 0 Å². The Labute approximate surface area is 82.5 Å². The Morgan fingerprint density at radius 3 is 2.92 bits per heavy atom. The molecule has 1 heterocycles. The molecule has 70 valence electrons. The van der Waals surface area contributed by atoms with Crippen molar-refractivity contribution >= 4 is 15.9 Å². The predicted octanol–water partition coefficient (Wildman–Crippen LogP) is 2.05. The van der Waals surface area contributed by atoms with Gasteiger partial charge in [-0.05, 0) is 19.8 Å². The van der Waals surface area contributed by atoms with Gasteiger partial charge in [-0.25, -0.2) is 0 Å². The predicted molar refractivity (Wildman–Crippen MR) is 54.5 cm³/mol. The summed E-state index contributed by atoms with van der Waals surface area (Å²) in [5, 5.41) is 3.28. The Balaban J connectivity index is 2.04. The lowest BCUT2D eigenvalue weighted by molar-refractivity contribution is 0.0566. The van der Waals surface area contributed by atoms with Gasteiger partial charge >= 0.3 is 0 Å². The van der Waals surface area contributed by atoms with Gasteiger partial charge in [-0.2, -0.15) is 0 Å². The highest BCUT2D eigenvalue weighted by molar-refractivity contribution is 9.11. The molecular weight excluding hydrogens is 218 g/mol. The van der Waals surface area contributed by atoms with Gasteiger partial charge in [-0.3, -0.25) is 0 Å². The number of hydrogen-bond acceptors (Lipinski definition) is 2. The normalized spacial score (nSPS) is 29.2. The molecule has 0 aromatic carbocycles. The molecule has 1 aliphatic rings. The summed E-state index contributed by atoms with van der Waals surface area (Å²) in [4.78, 5) is 0. The summed E-state index contributed by atoms with van der Waals surface area (Å²) in [5.74, 6) is 0. The van der Waals surface area contributed by atoms with Crippen molar-refractivity contribution in [1.82, 2.24) is 5.32 Å². The van der Waals surface area contributed by atoms with Crippen molar-refractivity contribution in [2.75, 3.05) is 13.1 Å². The van der Waals surface area contributed by atoms with Gasteiger partial charge in [0.15, 0.2) is 0 Å². The van der Waals surface area contributed by atoms with Crippen LogP contribution in [0.25, 0.3) is 0 Å². The average Bonchev–Trinajstić information content (AvgIpc) is 2.35. The van der Waals surface area contributed by atoms with E-state index < -0.39 is 0 Å². The van der Waals surface area contributed by atoms with Crippen molar-refractivity contribution in [1.29, 1.82) is 0 Å². The van der Waals surface area contributed by atoms with E-state index in [4.69, 9.17) is 4.74 Å². The number of halogens is 1. The lowest BCUT2D eigenvalue weighted by Gasteiger charge is -2.11. The summed E-state index contributed by atoms with van der Waals surface area (Å²) < 4.78 is 6.63. The van der Waals surface area contributed by atoms with Gasteiger partial charge in [-0.1, -0.05) is 22.5 Å². The highest BCUT2D eigenvalue weighted by Gasteiger charge is 2.20. The maximum atomic E-state index is 5.64. The lowest BCUT2D eigenvalue weighted by Crippen LogP contribution is -2.27. The van der Waals surface area contributed by atoms with E-state index in [1.54, 1.807) is 0 Å². The quantitative estimate of drug-likeness (QED) is 0.803. The van der Waals surface area contributed by atoms with Crippen LogP contribution in [0.3, 0.4) is 0 Å². The zero-order valence-electron chi connectivity index (χ0n) is 7.48. The second kappa shape index (κ2) is 5.00. The average molecular weight is 234 g/mol.